The summed E-state index contributed by atoms with van der Waals surface area (Å²) in [7, 11) is 0. The van der Waals surface area contributed by atoms with Crippen molar-refractivity contribution in [3.8, 4) is 0 Å². The second-order valence-corrected chi connectivity index (χ2v) is 5.47. The van der Waals surface area contributed by atoms with Gasteiger partial charge < -0.3 is 19.8 Å². The Bertz CT molecular complexity index is 589. The molecule has 0 spiro atoms. The molecule has 0 aromatic heterocycles. The van der Waals surface area contributed by atoms with E-state index in [0.29, 0.717) is 0 Å². The minimum Gasteiger partial charge on any atom is -0.545 e. The number of carboxylic acids is 2. The zero-order valence-corrected chi connectivity index (χ0v) is 17.8. The number of aryl methyl sites for hydroxylation is 2. The summed E-state index contributed by atoms with van der Waals surface area (Å²) < 4.78 is 0. The van der Waals surface area contributed by atoms with E-state index < -0.39 is 11.9 Å². The van der Waals surface area contributed by atoms with E-state index in [2.05, 4.69) is 13.8 Å². The van der Waals surface area contributed by atoms with E-state index in [1.165, 1.54) is 11.1 Å². The molecule has 0 saturated carbocycles. The molecule has 0 bridgehead atoms. The molecule has 0 heterocycles. The molecule has 0 aliphatic heterocycles. The van der Waals surface area contributed by atoms with Crippen LogP contribution in [0.1, 0.15) is 58.5 Å². The number of aromatic carboxylic acids is 2. The van der Waals surface area contributed by atoms with Gasteiger partial charge >= 0.3 is 19.5 Å². The number of carboxylic acid groups (broad SMARTS) is 2. The first-order valence-corrected chi connectivity index (χ1v) is 8.08. The predicted octanol–water partition coefficient (Wildman–Crippen LogP) is 2.00. The van der Waals surface area contributed by atoms with Crippen LogP contribution in [0.4, 0.5) is 0 Å². The van der Waals surface area contributed by atoms with Crippen molar-refractivity contribution in [2.45, 2.75) is 39.5 Å². The molecule has 0 atom stereocenters. The van der Waals surface area contributed by atoms with Gasteiger partial charge in [-0.25, -0.2) is 0 Å². The molecule has 0 N–H and O–H groups in total. The zero-order valence-electron chi connectivity index (χ0n) is 14.8. The monoisotopic (exact) mass is 390 g/mol. The van der Waals surface area contributed by atoms with Crippen LogP contribution in [0.3, 0.4) is 0 Å². The van der Waals surface area contributed by atoms with Crippen LogP contribution in [-0.4, -0.2) is 11.9 Å². The van der Waals surface area contributed by atoms with E-state index in [9.17, 15) is 19.8 Å². The number of carbonyl (C=O) groups is 2. The Kier molecular flexibility index (Phi) is 11.4. The number of hydrogen-bond acceptors (Lipinski definition) is 4. The third-order valence-corrected chi connectivity index (χ3v) is 3.46. The third-order valence-electron chi connectivity index (χ3n) is 3.46. The van der Waals surface area contributed by atoms with Gasteiger partial charge in [0.05, 0.1) is 11.9 Å². The van der Waals surface area contributed by atoms with E-state index in [0.717, 1.165) is 25.7 Å². The summed E-state index contributed by atoms with van der Waals surface area (Å²) in [5.41, 5.74) is 2.83. The fourth-order valence-corrected chi connectivity index (χ4v) is 2.19. The first-order chi connectivity index (χ1) is 11.5. The Morgan fingerprint density at radius 2 is 0.960 bits per heavy atom. The number of benzene rings is 2. The summed E-state index contributed by atoms with van der Waals surface area (Å²) in [6.45, 7) is 4.18. The molecule has 4 nitrogen and oxygen atoms in total. The van der Waals surface area contributed by atoms with Crippen LogP contribution in [0.15, 0.2) is 48.5 Å². The maximum Gasteiger partial charge on any atom is 2.00 e. The Morgan fingerprint density at radius 1 is 0.680 bits per heavy atom. The van der Waals surface area contributed by atoms with E-state index in [1.807, 2.05) is 24.3 Å². The van der Waals surface area contributed by atoms with Crippen LogP contribution in [0.2, 0.25) is 0 Å². The number of hydrogen-bond donors (Lipinski definition) is 0. The van der Waals surface area contributed by atoms with Gasteiger partial charge in [0, 0.05) is 0 Å². The summed E-state index contributed by atoms with van der Waals surface area (Å²) in [4.78, 5) is 20.7. The first-order valence-electron chi connectivity index (χ1n) is 8.08. The van der Waals surface area contributed by atoms with Gasteiger partial charge in [-0.1, -0.05) is 75.2 Å². The van der Waals surface area contributed by atoms with Gasteiger partial charge in [-0.2, -0.15) is 0 Å². The average Bonchev–Trinajstić information content (AvgIpc) is 2.57. The zero-order chi connectivity index (χ0) is 17.9. The molecule has 2 rings (SSSR count). The van der Waals surface area contributed by atoms with Crippen molar-refractivity contribution < 1.29 is 39.3 Å². The molecule has 128 valence electrons. The molecule has 0 aliphatic rings. The van der Waals surface area contributed by atoms with Crippen LogP contribution in [0, 0.1) is 0 Å². The van der Waals surface area contributed by atoms with Gasteiger partial charge in [0.25, 0.3) is 0 Å². The van der Waals surface area contributed by atoms with Gasteiger partial charge in [0.2, 0.25) is 0 Å². The Hall–Kier alpha value is -2.00. The van der Waals surface area contributed by atoms with Crippen LogP contribution in [-0.2, 0) is 32.3 Å². The van der Waals surface area contributed by atoms with Gasteiger partial charge in [-0.15, -0.1) is 0 Å². The first kappa shape index (κ1) is 23.0. The molecular weight excluding hydrogens is 370 g/mol. The molecule has 0 radical (unpaired) electrons. The van der Waals surface area contributed by atoms with E-state index >= 15 is 0 Å². The van der Waals surface area contributed by atoms with Crippen LogP contribution < -0.4 is 10.2 Å². The molecule has 0 unspecified atom stereocenters. The third kappa shape index (κ3) is 8.60. The van der Waals surface area contributed by atoms with E-state index in [1.54, 1.807) is 24.3 Å². The Balaban J connectivity index is 0.000000443. The minimum absolute atomic E-state index is 0. The second kappa shape index (κ2) is 12.4. The summed E-state index contributed by atoms with van der Waals surface area (Å²) in [6.07, 6.45) is 4.13. The van der Waals surface area contributed by atoms with Crippen LogP contribution >= 0.6 is 0 Å². The predicted molar refractivity (Wildman–Crippen MR) is 89.5 cm³/mol. The van der Waals surface area contributed by atoms with Gasteiger partial charge in [0.15, 0.2) is 0 Å². The minimum atomic E-state index is -1.11. The Labute approximate surface area is 161 Å². The largest absolute Gasteiger partial charge is 2.00 e. The molecule has 2 aromatic carbocycles. The molecule has 5 heteroatoms. The molecule has 2 aromatic rings. The van der Waals surface area contributed by atoms with Crippen molar-refractivity contribution >= 4 is 11.9 Å². The van der Waals surface area contributed by atoms with Crippen molar-refractivity contribution in [3.05, 3.63) is 70.8 Å². The van der Waals surface area contributed by atoms with Crippen molar-refractivity contribution in [2.75, 3.05) is 0 Å². The van der Waals surface area contributed by atoms with Crippen molar-refractivity contribution in [1.82, 2.24) is 0 Å². The van der Waals surface area contributed by atoms with Crippen LogP contribution in [0.25, 0.3) is 0 Å². The SMILES string of the molecule is CCCc1ccc(C(=O)[O-])cc1.CCCc1ccc(C(=O)[O-])cc1.[Zn+2]. The number of rotatable bonds is 6. The molecule has 0 amide bonds. The average molecular weight is 392 g/mol. The van der Waals surface area contributed by atoms with Gasteiger partial charge in [-0.05, 0) is 35.1 Å². The normalized spacial score (nSPS) is 9.36. The van der Waals surface area contributed by atoms with E-state index in [4.69, 9.17) is 0 Å². The Morgan fingerprint density at radius 3 is 1.16 bits per heavy atom. The van der Waals surface area contributed by atoms with Crippen LogP contribution in [0.5, 0.6) is 0 Å². The molecule has 0 saturated heterocycles. The number of carbonyl (C=O) groups excluding carboxylic acids is 2. The maximum atomic E-state index is 10.4. The summed E-state index contributed by atoms with van der Waals surface area (Å²) in [5.74, 6) is -2.23. The van der Waals surface area contributed by atoms with Gasteiger partial charge in [-0.3, -0.25) is 0 Å². The standard InChI is InChI=1S/2C10H12O2.Zn/c2*1-2-3-8-4-6-9(7-5-8)10(11)12;/h2*4-7H,2-3H2,1H3,(H,11,12);/q;;+2/p-2. The van der Waals surface area contributed by atoms with Crippen molar-refractivity contribution in [1.29, 1.82) is 0 Å². The molecule has 0 aliphatic carbocycles. The maximum absolute atomic E-state index is 10.4. The van der Waals surface area contributed by atoms with Crippen molar-refractivity contribution in [2.24, 2.45) is 0 Å². The summed E-state index contributed by atoms with van der Waals surface area (Å²) in [6, 6.07) is 13.6. The summed E-state index contributed by atoms with van der Waals surface area (Å²) >= 11 is 0. The molecule has 0 fully saturated rings. The second-order valence-electron chi connectivity index (χ2n) is 5.47. The topological polar surface area (TPSA) is 80.3 Å². The summed E-state index contributed by atoms with van der Waals surface area (Å²) in [5, 5.41) is 20.7. The fraction of sp³-hybridized carbons (Fsp3) is 0.300. The van der Waals surface area contributed by atoms with Crippen molar-refractivity contribution in [3.63, 3.8) is 0 Å². The fourth-order valence-electron chi connectivity index (χ4n) is 2.19. The van der Waals surface area contributed by atoms with Gasteiger partial charge in [0.1, 0.15) is 0 Å². The molecular formula is C20H22O4Zn. The smallest absolute Gasteiger partial charge is 0.545 e. The quantitative estimate of drug-likeness (QED) is 0.705. The van der Waals surface area contributed by atoms with E-state index in [-0.39, 0.29) is 30.6 Å². The molecule has 25 heavy (non-hydrogen) atoms.